The lowest BCUT2D eigenvalue weighted by molar-refractivity contribution is -0.143. The molecule has 0 aliphatic carbocycles. The van der Waals surface area contributed by atoms with Crippen LogP contribution in [-0.2, 0) is 4.79 Å². The molecule has 0 N–H and O–H groups in total. The number of hydrogen-bond acceptors (Lipinski definition) is 5. The van der Waals surface area contributed by atoms with Gasteiger partial charge >= 0.3 is 5.97 Å². The lowest BCUT2D eigenvalue weighted by Gasteiger charge is -2.16. The van der Waals surface area contributed by atoms with Crippen molar-refractivity contribution in [3.8, 4) is 11.5 Å². The van der Waals surface area contributed by atoms with Crippen molar-refractivity contribution in [2.45, 2.75) is 27.7 Å². The van der Waals surface area contributed by atoms with Crippen LogP contribution in [0, 0.1) is 12.3 Å². The Kier molecular flexibility index (Phi) is 3.79. The maximum absolute atomic E-state index is 12.5. The molecule has 0 saturated heterocycles. The Morgan fingerprint density at radius 2 is 2.00 bits per heavy atom. The molecule has 5 heteroatoms. The Hall–Kier alpha value is -2.82. The first kappa shape index (κ1) is 16.1. The average Bonchev–Trinajstić information content (AvgIpc) is 3.07. The van der Waals surface area contributed by atoms with Gasteiger partial charge in [0.25, 0.3) is 0 Å². The van der Waals surface area contributed by atoms with Crippen LogP contribution in [0.15, 0.2) is 40.7 Å². The number of carbonyl (C=O) groups is 2. The fourth-order valence-electron chi connectivity index (χ4n) is 2.30. The van der Waals surface area contributed by atoms with Crippen molar-refractivity contribution >= 4 is 17.8 Å². The van der Waals surface area contributed by atoms with E-state index in [0.717, 1.165) is 0 Å². The molecular weight excluding hydrogens is 308 g/mol. The predicted octanol–water partition coefficient (Wildman–Crippen LogP) is 4.16. The average molecular weight is 326 g/mol. The number of ether oxygens (including phenoxy) is 2. The number of carbonyl (C=O) groups excluding carboxylic acids is 2. The summed E-state index contributed by atoms with van der Waals surface area (Å²) in [5.74, 6) is 0.892. The highest BCUT2D eigenvalue weighted by molar-refractivity contribution is 6.15. The molecule has 124 valence electrons. The van der Waals surface area contributed by atoms with Crippen LogP contribution in [0.5, 0.6) is 11.5 Å². The number of benzene rings is 1. The van der Waals surface area contributed by atoms with Crippen LogP contribution in [0.3, 0.4) is 0 Å². The molecule has 3 rings (SSSR count). The number of hydrogen-bond donors (Lipinski definition) is 0. The van der Waals surface area contributed by atoms with Crippen molar-refractivity contribution < 1.29 is 23.5 Å². The third kappa shape index (κ3) is 2.97. The minimum atomic E-state index is -0.617. The first-order chi connectivity index (χ1) is 11.3. The van der Waals surface area contributed by atoms with Gasteiger partial charge in [-0.25, -0.2) is 0 Å². The second-order valence-corrected chi connectivity index (χ2v) is 6.71. The third-order valence-electron chi connectivity index (χ3n) is 3.58. The van der Waals surface area contributed by atoms with Crippen LogP contribution in [0.4, 0.5) is 0 Å². The second kappa shape index (κ2) is 5.67. The Balaban J connectivity index is 1.92. The normalized spacial score (nSPS) is 15.3. The summed E-state index contributed by atoms with van der Waals surface area (Å²) in [5.41, 5.74) is 0.550. The van der Waals surface area contributed by atoms with Crippen LogP contribution in [0.25, 0.3) is 6.08 Å². The van der Waals surface area contributed by atoms with Crippen LogP contribution in [-0.4, -0.2) is 11.8 Å². The van der Waals surface area contributed by atoms with Crippen molar-refractivity contribution in [1.82, 2.24) is 0 Å². The number of esters is 1. The van der Waals surface area contributed by atoms with Crippen LogP contribution in [0.1, 0.15) is 42.5 Å². The highest BCUT2D eigenvalue weighted by atomic mass is 16.5. The largest absolute Gasteiger partial charge is 0.465 e. The summed E-state index contributed by atoms with van der Waals surface area (Å²) in [6, 6.07) is 6.69. The monoisotopic (exact) mass is 326 g/mol. The molecule has 0 amide bonds. The molecule has 0 radical (unpaired) electrons. The first-order valence-corrected chi connectivity index (χ1v) is 7.60. The summed E-state index contributed by atoms with van der Waals surface area (Å²) in [4.78, 5) is 24.5. The maximum atomic E-state index is 12.5. The lowest BCUT2D eigenvalue weighted by Crippen LogP contribution is -2.25. The van der Waals surface area contributed by atoms with Gasteiger partial charge in [-0.2, -0.15) is 0 Å². The molecule has 0 spiro atoms. The van der Waals surface area contributed by atoms with Crippen molar-refractivity contribution in [1.29, 1.82) is 0 Å². The number of allylic oxidation sites excluding steroid dienone is 1. The van der Waals surface area contributed by atoms with Crippen LogP contribution < -0.4 is 9.47 Å². The minimum absolute atomic E-state index is 0.183. The van der Waals surface area contributed by atoms with E-state index in [2.05, 4.69) is 0 Å². The first-order valence-electron chi connectivity index (χ1n) is 7.60. The van der Waals surface area contributed by atoms with Gasteiger partial charge in [0.2, 0.25) is 5.78 Å². The topological polar surface area (TPSA) is 65.7 Å². The van der Waals surface area contributed by atoms with Gasteiger partial charge in [-0.3, -0.25) is 9.59 Å². The molecule has 0 bridgehead atoms. The standard InChI is InChI=1S/C19H18O5/c1-11-8-13(23-18(21)19(2,3)4)10-14-16(11)17(20)15(24-14)9-12-6-5-7-22-12/h5-10H,1-4H3/b15-9-. The molecule has 0 atom stereocenters. The van der Waals surface area contributed by atoms with Gasteiger partial charge in [0, 0.05) is 12.1 Å². The lowest BCUT2D eigenvalue weighted by atomic mass is 9.97. The van der Waals surface area contributed by atoms with Gasteiger partial charge in [0.15, 0.2) is 5.76 Å². The summed E-state index contributed by atoms with van der Waals surface area (Å²) >= 11 is 0. The van der Waals surface area contributed by atoms with E-state index < -0.39 is 5.41 Å². The summed E-state index contributed by atoms with van der Waals surface area (Å²) < 4.78 is 16.2. The van der Waals surface area contributed by atoms with Crippen molar-refractivity contribution in [3.05, 3.63) is 53.2 Å². The molecule has 2 aromatic rings. The van der Waals surface area contributed by atoms with Crippen LogP contribution >= 0.6 is 0 Å². The summed E-state index contributed by atoms with van der Waals surface area (Å²) in [7, 11) is 0. The zero-order valence-corrected chi connectivity index (χ0v) is 14.0. The quantitative estimate of drug-likeness (QED) is 0.471. The summed E-state index contributed by atoms with van der Waals surface area (Å²) in [6.45, 7) is 7.11. The smallest absolute Gasteiger partial charge is 0.316 e. The number of ketones is 1. The van der Waals surface area contributed by atoms with Crippen LogP contribution in [0.2, 0.25) is 0 Å². The molecule has 0 unspecified atom stereocenters. The number of rotatable bonds is 2. The summed E-state index contributed by atoms with van der Waals surface area (Å²) in [6.07, 6.45) is 3.07. The minimum Gasteiger partial charge on any atom is -0.465 e. The Labute approximate surface area is 139 Å². The molecule has 2 heterocycles. The van der Waals surface area contributed by atoms with Crippen molar-refractivity contribution in [2.24, 2.45) is 5.41 Å². The Morgan fingerprint density at radius 1 is 1.25 bits per heavy atom. The van der Waals surface area contributed by atoms with Gasteiger partial charge in [-0.15, -0.1) is 0 Å². The third-order valence-corrected chi connectivity index (χ3v) is 3.58. The van der Waals surface area contributed by atoms with E-state index in [0.29, 0.717) is 28.4 Å². The fourth-order valence-corrected chi connectivity index (χ4v) is 2.30. The molecule has 1 aromatic heterocycles. The molecule has 0 saturated carbocycles. The predicted molar refractivity (Wildman–Crippen MR) is 87.9 cm³/mol. The molecule has 0 fully saturated rings. The van der Waals surface area contributed by atoms with E-state index in [9.17, 15) is 9.59 Å². The number of aryl methyl sites for hydroxylation is 1. The molecule has 24 heavy (non-hydrogen) atoms. The SMILES string of the molecule is Cc1cc(OC(=O)C(C)(C)C)cc2c1C(=O)/C(=C/c1ccco1)O2. The highest BCUT2D eigenvalue weighted by Crippen LogP contribution is 2.38. The maximum Gasteiger partial charge on any atom is 0.316 e. The zero-order chi connectivity index (χ0) is 17.5. The van der Waals surface area contributed by atoms with Gasteiger partial charge in [-0.05, 0) is 51.5 Å². The van der Waals surface area contributed by atoms with E-state index in [1.54, 1.807) is 58.0 Å². The van der Waals surface area contributed by atoms with E-state index in [1.807, 2.05) is 0 Å². The molecule has 1 aliphatic rings. The van der Waals surface area contributed by atoms with Crippen molar-refractivity contribution in [3.63, 3.8) is 0 Å². The molecule has 1 aromatic carbocycles. The molecule has 5 nitrogen and oxygen atoms in total. The Morgan fingerprint density at radius 3 is 2.62 bits per heavy atom. The van der Waals surface area contributed by atoms with E-state index in [-0.39, 0.29) is 17.5 Å². The fraction of sp³-hybridized carbons (Fsp3) is 0.263. The second-order valence-electron chi connectivity index (χ2n) is 6.71. The van der Waals surface area contributed by atoms with E-state index in [4.69, 9.17) is 13.9 Å². The van der Waals surface area contributed by atoms with Crippen molar-refractivity contribution in [2.75, 3.05) is 0 Å². The number of Topliss-reactive ketones (excluding diaryl/α,β-unsaturated/α-hetero) is 1. The highest BCUT2D eigenvalue weighted by Gasteiger charge is 2.31. The number of furan rings is 1. The Bertz CT molecular complexity index is 835. The van der Waals surface area contributed by atoms with Gasteiger partial charge in [-0.1, -0.05) is 0 Å². The molecular formula is C19H18O5. The number of fused-ring (bicyclic) bond motifs is 1. The van der Waals surface area contributed by atoms with Gasteiger partial charge in [0.1, 0.15) is 17.3 Å². The zero-order valence-electron chi connectivity index (χ0n) is 14.0. The molecule has 1 aliphatic heterocycles. The summed E-state index contributed by atoms with van der Waals surface area (Å²) in [5, 5.41) is 0. The van der Waals surface area contributed by atoms with E-state index in [1.165, 1.54) is 6.26 Å². The van der Waals surface area contributed by atoms with Gasteiger partial charge in [0.05, 0.1) is 17.2 Å². The van der Waals surface area contributed by atoms with E-state index >= 15 is 0 Å². The van der Waals surface area contributed by atoms with Gasteiger partial charge < -0.3 is 13.9 Å².